The van der Waals surface area contributed by atoms with Gasteiger partial charge in [0.05, 0.1) is 11.5 Å². The first-order chi connectivity index (χ1) is 8.58. The zero-order chi connectivity index (χ0) is 13.1. The Kier molecular flexibility index (Phi) is 4.31. The van der Waals surface area contributed by atoms with Crippen LogP contribution in [-0.4, -0.2) is 24.2 Å². The number of nitrogens with zero attached hydrogens (tertiary/aromatic N) is 1. The van der Waals surface area contributed by atoms with Crippen LogP contribution in [0.2, 0.25) is 0 Å². The highest BCUT2D eigenvalue weighted by Crippen LogP contribution is 2.27. The second kappa shape index (κ2) is 5.77. The lowest BCUT2D eigenvalue weighted by Gasteiger charge is -2.28. The first-order valence-corrected chi connectivity index (χ1v) is 6.63. The first-order valence-electron chi connectivity index (χ1n) is 5.84. The van der Waals surface area contributed by atoms with Gasteiger partial charge in [-0.3, -0.25) is 10.1 Å². The number of rotatable bonds is 3. The molecule has 5 nitrogen and oxygen atoms in total. The number of ether oxygens (including phenoxy) is 1. The largest absolute Gasteiger partial charge is 0.381 e. The Morgan fingerprint density at radius 3 is 2.94 bits per heavy atom. The normalized spacial score (nSPS) is 23.9. The average Bonchev–Trinajstić information content (AvgIpc) is 2.34. The smallest absolute Gasteiger partial charge is 0.270 e. The second-order valence-electron chi connectivity index (χ2n) is 4.52. The Balaban J connectivity index is 2.11. The van der Waals surface area contributed by atoms with E-state index in [9.17, 15) is 10.1 Å². The molecule has 0 bridgehead atoms. The molecule has 1 heterocycles. The quantitative estimate of drug-likeness (QED) is 0.685. The van der Waals surface area contributed by atoms with Gasteiger partial charge in [0.15, 0.2) is 0 Å². The summed E-state index contributed by atoms with van der Waals surface area (Å²) in [4.78, 5) is 10.3. The van der Waals surface area contributed by atoms with Crippen molar-refractivity contribution in [2.45, 2.75) is 18.9 Å². The van der Waals surface area contributed by atoms with Gasteiger partial charge < -0.3 is 10.5 Å². The van der Waals surface area contributed by atoms with E-state index in [4.69, 9.17) is 10.5 Å². The predicted octanol–water partition coefficient (Wildman–Crippen LogP) is 2.26. The summed E-state index contributed by atoms with van der Waals surface area (Å²) in [5.74, 6) is 0.275. The number of nitrogens with two attached hydrogens (primary N) is 1. The minimum atomic E-state index is -0.399. The van der Waals surface area contributed by atoms with Crippen molar-refractivity contribution in [3.63, 3.8) is 0 Å². The molecule has 1 fully saturated rings. The van der Waals surface area contributed by atoms with Gasteiger partial charge in [-0.25, -0.2) is 0 Å². The summed E-state index contributed by atoms with van der Waals surface area (Å²) >= 11 is 3.38. The van der Waals surface area contributed by atoms with Crippen LogP contribution in [0, 0.1) is 16.0 Å². The van der Waals surface area contributed by atoms with Gasteiger partial charge in [-0.2, -0.15) is 0 Å². The molecule has 0 amide bonds. The van der Waals surface area contributed by atoms with Crippen molar-refractivity contribution in [3.05, 3.63) is 38.3 Å². The van der Waals surface area contributed by atoms with E-state index in [1.165, 1.54) is 12.1 Å². The molecule has 2 N–H and O–H groups in total. The minimum absolute atomic E-state index is 0.0924. The van der Waals surface area contributed by atoms with Crippen LogP contribution >= 0.6 is 15.9 Å². The number of hydrogen-bond donors (Lipinski definition) is 1. The van der Waals surface area contributed by atoms with Crippen molar-refractivity contribution in [2.75, 3.05) is 13.2 Å². The number of nitro benzene ring substituents is 1. The molecule has 1 aromatic carbocycles. The van der Waals surface area contributed by atoms with Crippen molar-refractivity contribution in [2.24, 2.45) is 11.7 Å². The molecule has 6 heteroatoms. The Bertz CT molecular complexity index is 453. The molecule has 2 atom stereocenters. The van der Waals surface area contributed by atoms with E-state index in [0.29, 0.717) is 6.61 Å². The van der Waals surface area contributed by atoms with Crippen LogP contribution in [0.25, 0.3) is 0 Å². The molecule has 0 saturated carbocycles. The molecular formula is C12H15BrN2O3. The van der Waals surface area contributed by atoms with Gasteiger partial charge in [-0.1, -0.05) is 22.0 Å². The van der Waals surface area contributed by atoms with Crippen molar-refractivity contribution in [1.29, 1.82) is 0 Å². The van der Waals surface area contributed by atoms with Crippen LogP contribution in [-0.2, 0) is 11.2 Å². The highest BCUT2D eigenvalue weighted by atomic mass is 79.9. The Morgan fingerprint density at radius 2 is 2.33 bits per heavy atom. The molecule has 2 unspecified atom stereocenters. The molecule has 1 aliphatic rings. The number of hydrogen-bond acceptors (Lipinski definition) is 4. The maximum Gasteiger partial charge on any atom is 0.270 e. The second-order valence-corrected chi connectivity index (χ2v) is 5.38. The summed E-state index contributed by atoms with van der Waals surface area (Å²) in [5.41, 5.74) is 7.18. The monoisotopic (exact) mass is 314 g/mol. The molecule has 1 aliphatic heterocycles. The van der Waals surface area contributed by atoms with E-state index in [1.807, 2.05) is 0 Å². The lowest BCUT2D eigenvalue weighted by Crippen LogP contribution is -2.39. The van der Waals surface area contributed by atoms with Crippen LogP contribution in [0.5, 0.6) is 0 Å². The van der Waals surface area contributed by atoms with Crippen molar-refractivity contribution < 1.29 is 9.66 Å². The van der Waals surface area contributed by atoms with E-state index < -0.39 is 4.92 Å². The fraction of sp³-hybridized carbons (Fsp3) is 0.500. The molecule has 1 saturated heterocycles. The molecule has 2 rings (SSSR count). The zero-order valence-corrected chi connectivity index (χ0v) is 11.4. The Morgan fingerprint density at radius 1 is 1.56 bits per heavy atom. The molecule has 98 valence electrons. The van der Waals surface area contributed by atoms with Crippen LogP contribution in [0.3, 0.4) is 0 Å². The predicted molar refractivity (Wildman–Crippen MR) is 71.4 cm³/mol. The summed E-state index contributed by atoms with van der Waals surface area (Å²) in [7, 11) is 0. The zero-order valence-electron chi connectivity index (χ0n) is 9.84. The third-order valence-electron chi connectivity index (χ3n) is 3.26. The van der Waals surface area contributed by atoms with Crippen LogP contribution in [0.1, 0.15) is 12.0 Å². The highest BCUT2D eigenvalue weighted by molar-refractivity contribution is 9.10. The summed E-state index contributed by atoms with van der Waals surface area (Å²) in [6, 6.07) is 4.98. The van der Waals surface area contributed by atoms with Crippen LogP contribution in [0.15, 0.2) is 22.7 Å². The molecule has 0 aromatic heterocycles. The number of halogens is 1. The van der Waals surface area contributed by atoms with E-state index in [1.54, 1.807) is 6.07 Å². The van der Waals surface area contributed by atoms with Gasteiger partial charge in [0.2, 0.25) is 0 Å². The van der Waals surface area contributed by atoms with E-state index in [0.717, 1.165) is 29.5 Å². The summed E-state index contributed by atoms with van der Waals surface area (Å²) in [5, 5.41) is 10.7. The maximum absolute atomic E-state index is 10.7. The first kappa shape index (κ1) is 13.5. The average molecular weight is 315 g/mol. The number of non-ortho nitro benzene ring substituents is 1. The van der Waals surface area contributed by atoms with Crippen molar-refractivity contribution in [1.82, 2.24) is 0 Å². The van der Waals surface area contributed by atoms with E-state index in [2.05, 4.69) is 15.9 Å². The molecule has 0 aliphatic carbocycles. The summed E-state index contributed by atoms with van der Waals surface area (Å²) in [6.07, 6.45) is 1.65. The van der Waals surface area contributed by atoms with Gasteiger partial charge >= 0.3 is 0 Å². The van der Waals surface area contributed by atoms with Crippen molar-refractivity contribution in [3.8, 4) is 0 Å². The van der Waals surface area contributed by atoms with E-state index in [-0.39, 0.29) is 17.6 Å². The maximum atomic E-state index is 10.7. The third kappa shape index (κ3) is 3.07. The van der Waals surface area contributed by atoms with Gasteiger partial charge in [0.1, 0.15) is 0 Å². The minimum Gasteiger partial charge on any atom is -0.381 e. The Labute approximate surface area is 114 Å². The van der Waals surface area contributed by atoms with Crippen LogP contribution in [0.4, 0.5) is 5.69 Å². The molecule has 18 heavy (non-hydrogen) atoms. The number of benzene rings is 1. The number of nitro groups is 1. The third-order valence-corrected chi connectivity index (χ3v) is 4.00. The highest BCUT2D eigenvalue weighted by Gasteiger charge is 2.23. The lowest BCUT2D eigenvalue weighted by atomic mass is 9.90. The SMILES string of the molecule is NC1CCOCC1Cc1ccc([N+](=O)[O-])cc1Br. The van der Waals surface area contributed by atoms with Gasteiger partial charge in [-0.05, 0) is 18.4 Å². The Hall–Kier alpha value is -0.980. The molecule has 1 aromatic rings. The van der Waals surface area contributed by atoms with Crippen molar-refractivity contribution >= 4 is 21.6 Å². The lowest BCUT2D eigenvalue weighted by molar-refractivity contribution is -0.384. The topological polar surface area (TPSA) is 78.4 Å². The van der Waals surface area contributed by atoms with Gasteiger partial charge in [0, 0.05) is 35.2 Å². The van der Waals surface area contributed by atoms with E-state index >= 15 is 0 Å². The standard InChI is InChI=1S/C12H15BrN2O3/c13-11-6-10(15(16)17)2-1-8(11)5-9-7-18-4-3-12(9)14/h1-2,6,9,12H,3-5,7,14H2. The fourth-order valence-corrected chi connectivity index (χ4v) is 2.65. The summed E-state index contributed by atoms with van der Waals surface area (Å²) < 4.78 is 6.18. The summed E-state index contributed by atoms with van der Waals surface area (Å²) in [6.45, 7) is 1.38. The fourth-order valence-electron chi connectivity index (χ4n) is 2.12. The molecular weight excluding hydrogens is 300 g/mol. The molecule has 0 spiro atoms. The van der Waals surface area contributed by atoms with Gasteiger partial charge in [0.25, 0.3) is 5.69 Å². The molecule has 0 radical (unpaired) electrons. The van der Waals surface area contributed by atoms with Crippen LogP contribution < -0.4 is 5.73 Å². The van der Waals surface area contributed by atoms with Gasteiger partial charge in [-0.15, -0.1) is 0 Å².